The van der Waals surface area contributed by atoms with Crippen molar-refractivity contribution in [2.24, 2.45) is 23.5 Å². The van der Waals surface area contributed by atoms with Gasteiger partial charge < -0.3 is 73.7 Å². The molecule has 3 fully saturated rings. The highest BCUT2D eigenvalue weighted by Crippen LogP contribution is 2.42. The van der Waals surface area contributed by atoms with E-state index in [4.69, 9.17) is 48.4 Å². The summed E-state index contributed by atoms with van der Waals surface area (Å²) in [6, 6.07) is -1.04. The van der Waals surface area contributed by atoms with E-state index in [9.17, 15) is 24.6 Å². The first-order valence-electron chi connectivity index (χ1n) is 24.4. The van der Waals surface area contributed by atoms with Gasteiger partial charge >= 0.3 is 11.9 Å². The number of rotatable bonds is 18. The zero-order valence-electron chi connectivity index (χ0n) is 43.2. The smallest absolute Gasteiger partial charge is 0.311 e. The minimum atomic E-state index is -1.78. The molecule has 3 rings (SSSR count). The molecule has 18 heteroatoms. The van der Waals surface area contributed by atoms with Crippen LogP contribution in [0, 0.1) is 17.8 Å². The number of carbonyl (C=O) groups excluding carboxylic acids is 3. The number of ether oxygens (including phenoxy) is 9. The predicted octanol–water partition coefficient (Wildman–Crippen LogP) is 3.40. The van der Waals surface area contributed by atoms with E-state index in [1.807, 2.05) is 60.5 Å². The van der Waals surface area contributed by atoms with Crippen LogP contribution in [0.25, 0.3) is 0 Å². The third-order valence-electron chi connectivity index (χ3n) is 14.5. The van der Waals surface area contributed by atoms with Crippen LogP contribution >= 0.6 is 0 Å². The Morgan fingerprint density at radius 1 is 0.909 bits per heavy atom. The standard InChI is InChI=1S/C48H90N4O14/c1-17-35-48(12,57)41(60-24-20-22-49)32(8)50-43(55)28(4)26-46(10,58-15)40(66-45-38(54)34(51(13)14)25-29(5)61-45)30(6)39(31(7)44(56)63-35)65-37-27-47(11,59-16)42(33(9)62-37)64-36(53)21-23-52(18-2)19-3/h28-35,37-42,45,54,57H,17-27,49H2,1-16H3,(H,50,55)/t28-,29-,30+,31-,32-,33+,34+,35-,37?,38-,39+,40-,41-,42+,45+,46-,47-,48-/m1/s1. The Labute approximate surface area is 395 Å². The Hall–Kier alpha value is -2.07. The van der Waals surface area contributed by atoms with Crippen molar-refractivity contribution in [1.82, 2.24) is 15.1 Å². The number of carbonyl (C=O) groups is 3. The van der Waals surface area contributed by atoms with Crippen molar-refractivity contribution < 1.29 is 67.2 Å². The fourth-order valence-electron chi connectivity index (χ4n) is 10.2. The first-order valence-corrected chi connectivity index (χ1v) is 24.4. The molecule has 0 aromatic rings. The summed E-state index contributed by atoms with van der Waals surface area (Å²) in [7, 11) is 6.86. The average molecular weight is 947 g/mol. The number of nitrogens with zero attached hydrogens (tertiary/aromatic N) is 2. The Morgan fingerprint density at radius 3 is 2.09 bits per heavy atom. The van der Waals surface area contributed by atoms with Crippen LogP contribution in [-0.2, 0) is 57.0 Å². The molecule has 3 aliphatic heterocycles. The lowest BCUT2D eigenvalue weighted by molar-refractivity contribution is -0.320. The molecule has 0 aromatic heterocycles. The highest BCUT2D eigenvalue weighted by atomic mass is 16.7. The van der Waals surface area contributed by atoms with Crippen molar-refractivity contribution in [3.05, 3.63) is 0 Å². The Kier molecular flexibility index (Phi) is 22.7. The topological polar surface area (TPSA) is 219 Å². The SMILES string of the molecule is CC[C@H]1OC(=O)[C@H](C)[C@@H](OC2C[C@@](C)(OC)[C@@H](OC(=O)CCN(CC)CC)[C@H](C)O2)[C@H](C)[C@@H](O[C@@H]2O[C@H](C)C[C@H](N(C)C)[C@H]2O)[C@](C)(OC)C[C@@H](C)C(=O)N[C@H](C)[C@@H](OCCCN)[C@]1(C)O. The lowest BCUT2D eigenvalue weighted by atomic mass is 9.77. The van der Waals surface area contributed by atoms with Gasteiger partial charge in [0.2, 0.25) is 5.91 Å². The van der Waals surface area contributed by atoms with Gasteiger partial charge in [-0.05, 0) is 108 Å². The highest BCUT2D eigenvalue weighted by Gasteiger charge is 2.54. The summed E-state index contributed by atoms with van der Waals surface area (Å²) in [6.07, 6.45) is -7.45. The van der Waals surface area contributed by atoms with Crippen molar-refractivity contribution in [1.29, 1.82) is 0 Å². The molecule has 1 unspecified atom stereocenters. The maximum atomic E-state index is 14.8. The average Bonchev–Trinajstić information content (AvgIpc) is 3.26. The molecular formula is C48H90N4O14. The number of likely N-dealkylation sites (N-methyl/N-ethyl adjacent to an activating group) is 1. The molecule has 0 aliphatic carbocycles. The predicted molar refractivity (Wildman–Crippen MR) is 248 cm³/mol. The Balaban J connectivity index is 2.20. The van der Waals surface area contributed by atoms with Crippen LogP contribution in [0.5, 0.6) is 0 Å². The van der Waals surface area contributed by atoms with Crippen LogP contribution < -0.4 is 11.1 Å². The van der Waals surface area contributed by atoms with Gasteiger partial charge in [-0.2, -0.15) is 0 Å². The molecule has 3 heterocycles. The first kappa shape index (κ1) is 58.2. The molecule has 18 atom stereocenters. The molecule has 66 heavy (non-hydrogen) atoms. The number of amides is 1. The molecule has 5 N–H and O–H groups in total. The van der Waals surface area contributed by atoms with Crippen LogP contribution in [0.3, 0.4) is 0 Å². The number of hydrogen-bond donors (Lipinski definition) is 4. The Bertz CT molecular complexity index is 1510. The molecule has 0 bridgehead atoms. The quantitative estimate of drug-likeness (QED) is 0.114. The Morgan fingerprint density at radius 2 is 1.53 bits per heavy atom. The second kappa shape index (κ2) is 25.7. The van der Waals surface area contributed by atoms with Crippen molar-refractivity contribution in [2.75, 3.05) is 61.1 Å². The van der Waals surface area contributed by atoms with Crippen LogP contribution in [0.4, 0.5) is 0 Å². The monoisotopic (exact) mass is 947 g/mol. The van der Waals surface area contributed by atoms with Gasteiger partial charge in [0, 0.05) is 51.7 Å². The zero-order valence-corrected chi connectivity index (χ0v) is 43.2. The molecule has 1 amide bonds. The fraction of sp³-hybridized carbons (Fsp3) is 0.938. The van der Waals surface area contributed by atoms with Crippen molar-refractivity contribution in [3.8, 4) is 0 Å². The summed E-state index contributed by atoms with van der Waals surface area (Å²) >= 11 is 0. The van der Waals surface area contributed by atoms with E-state index in [0.717, 1.165) is 13.1 Å². The van der Waals surface area contributed by atoms with Crippen LogP contribution in [0.2, 0.25) is 0 Å². The summed E-state index contributed by atoms with van der Waals surface area (Å²) in [5, 5.41) is 27.2. The maximum absolute atomic E-state index is 14.8. The highest BCUT2D eigenvalue weighted by molar-refractivity contribution is 5.78. The third kappa shape index (κ3) is 14.5. The molecule has 0 radical (unpaired) electrons. The largest absolute Gasteiger partial charge is 0.459 e. The molecular weight excluding hydrogens is 857 g/mol. The van der Waals surface area contributed by atoms with E-state index in [0.29, 0.717) is 25.9 Å². The number of methoxy groups -OCH3 is 2. The number of nitrogens with one attached hydrogen (secondary N) is 1. The third-order valence-corrected chi connectivity index (χ3v) is 14.5. The van der Waals surface area contributed by atoms with Gasteiger partial charge in [-0.3, -0.25) is 14.4 Å². The van der Waals surface area contributed by atoms with Gasteiger partial charge in [0.15, 0.2) is 18.7 Å². The van der Waals surface area contributed by atoms with Crippen LogP contribution in [0.15, 0.2) is 0 Å². The summed E-state index contributed by atoms with van der Waals surface area (Å²) in [5.74, 6) is -3.87. The molecule has 3 aliphatic rings. The second-order valence-electron chi connectivity index (χ2n) is 20.0. The number of hydrogen-bond acceptors (Lipinski definition) is 17. The molecule has 386 valence electrons. The van der Waals surface area contributed by atoms with Crippen molar-refractivity contribution in [2.45, 2.75) is 212 Å². The zero-order chi connectivity index (χ0) is 49.9. The van der Waals surface area contributed by atoms with Crippen LogP contribution in [-0.4, -0.2) is 189 Å². The molecule has 0 saturated carbocycles. The maximum Gasteiger partial charge on any atom is 0.311 e. The summed E-state index contributed by atoms with van der Waals surface area (Å²) in [6.45, 7) is 24.6. The summed E-state index contributed by atoms with van der Waals surface area (Å²) < 4.78 is 58.0. The van der Waals surface area contributed by atoms with E-state index in [2.05, 4.69) is 10.2 Å². The van der Waals surface area contributed by atoms with Gasteiger partial charge in [-0.1, -0.05) is 34.6 Å². The van der Waals surface area contributed by atoms with Crippen LogP contribution in [0.1, 0.15) is 122 Å². The molecule has 3 saturated heterocycles. The number of nitrogens with two attached hydrogens (primary N) is 1. The summed E-state index contributed by atoms with van der Waals surface area (Å²) in [4.78, 5) is 46.3. The molecule has 0 aromatic carbocycles. The lowest BCUT2D eigenvalue weighted by Gasteiger charge is -2.49. The molecule has 18 nitrogen and oxygen atoms in total. The van der Waals surface area contributed by atoms with E-state index >= 15 is 0 Å². The lowest BCUT2D eigenvalue weighted by Crippen LogP contribution is -2.61. The van der Waals surface area contributed by atoms with Gasteiger partial charge in [0.05, 0.1) is 48.4 Å². The van der Waals surface area contributed by atoms with E-state index in [-0.39, 0.29) is 56.3 Å². The second-order valence-corrected chi connectivity index (χ2v) is 20.0. The van der Waals surface area contributed by atoms with Gasteiger partial charge in [-0.15, -0.1) is 0 Å². The number of aliphatic hydroxyl groups excluding tert-OH is 1. The molecule has 0 spiro atoms. The summed E-state index contributed by atoms with van der Waals surface area (Å²) in [5.41, 5.74) is 1.68. The minimum Gasteiger partial charge on any atom is -0.459 e. The number of cyclic esters (lactones) is 1. The van der Waals surface area contributed by atoms with Crippen molar-refractivity contribution in [3.63, 3.8) is 0 Å². The van der Waals surface area contributed by atoms with E-state index < -0.39 is 102 Å². The fourth-order valence-corrected chi connectivity index (χ4v) is 10.2. The number of aliphatic hydroxyl groups is 2. The van der Waals surface area contributed by atoms with Crippen molar-refractivity contribution >= 4 is 17.8 Å². The van der Waals surface area contributed by atoms with E-state index in [1.165, 1.54) is 7.11 Å². The normalized spacial score (nSPS) is 41.2. The first-order chi connectivity index (χ1) is 30.9. The minimum absolute atomic E-state index is 0.107. The number of esters is 2. The van der Waals surface area contributed by atoms with Gasteiger partial charge in [0.1, 0.15) is 29.5 Å². The van der Waals surface area contributed by atoms with E-state index in [1.54, 1.807) is 48.7 Å². The van der Waals surface area contributed by atoms with Gasteiger partial charge in [0.25, 0.3) is 0 Å². The van der Waals surface area contributed by atoms with Gasteiger partial charge in [-0.25, -0.2) is 0 Å².